The lowest BCUT2D eigenvalue weighted by Crippen LogP contribution is -2.44. The van der Waals surface area contributed by atoms with Crippen LogP contribution >= 0.6 is 24.8 Å². The van der Waals surface area contributed by atoms with E-state index in [4.69, 9.17) is 5.73 Å². The third-order valence-corrected chi connectivity index (χ3v) is 4.68. The number of piperazine rings is 1. The van der Waals surface area contributed by atoms with Crippen LogP contribution in [0.25, 0.3) is 17.1 Å². The molecule has 1 aliphatic heterocycles. The van der Waals surface area contributed by atoms with Gasteiger partial charge < -0.3 is 15.5 Å². The van der Waals surface area contributed by atoms with Gasteiger partial charge in [-0.2, -0.15) is 0 Å². The smallest absolute Gasteiger partial charge is 0.144 e. The molecule has 0 aliphatic carbocycles. The maximum absolute atomic E-state index is 5.81. The summed E-state index contributed by atoms with van der Waals surface area (Å²) in [6, 6.07) is 12.4. The fraction of sp³-hybridized carbons (Fsp3) is 0.263. The molecule has 0 amide bonds. The van der Waals surface area contributed by atoms with Gasteiger partial charge in [-0.1, -0.05) is 0 Å². The largest absolute Gasteiger partial charge is 0.384 e. The van der Waals surface area contributed by atoms with Gasteiger partial charge in [-0.3, -0.25) is 4.57 Å². The molecule has 0 bridgehead atoms. The van der Waals surface area contributed by atoms with E-state index in [2.05, 4.69) is 55.6 Å². The highest BCUT2D eigenvalue weighted by atomic mass is 35.5. The Labute approximate surface area is 171 Å². The first-order chi connectivity index (χ1) is 12.2. The molecule has 1 saturated heterocycles. The second kappa shape index (κ2) is 9.08. The van der Waals surface area contributed by atoms with E-state index < -0.39 is 0 Å². The van der Waals surface area contributed by atoms with Gasteiger partial charge in [0.1, 0.15) is 11.6 Å². The number of anilines is 2. The van der Waals surface area contributed by atoms with Crippen molar-refractivity contribution in [3.63, 3.8) is 0 Å². The molecule has 8 heteroatoms. The van der Waals surface area contributed by atoms with E-state index in [1.165, 1.54) is 5.69 Å². The molecule has 0 unspecified atom stereocenters. The second-order valence-corrected chi connectivity index (χ2v) is 6.40. The van der Waals surface area contributed by atoms with Crippen molar-refractivity contribution in [1.29, 1.82) is 0 Å². The maximum Gasteiger partial charge on any atom is 0.144 e. The molecule has 0 spiro atoms. The van der Waals surface area contributed by atoms with E-state index in [1.807, 2.05) is 18.3 Å². The molecule has 2 aromatic heterocycles. The van der Waals surface area contributed by atoms with Gasteiger partial charge in [-0.25, -0.2) is 9.97 Å². The van der Waals surface area contributed by atoms with Crippen LogP contribution in [-0.4, -0.2) is 52.7 Å². The molecule has 4 rings (SSSR count). The minimum atomic E-state index is 0. The predicted molar refractivity (Wildman–Crippen MR) is 115 cm³/mol. The van der Waals surface area contributed by atoms with E-state index >= 15 is 0 Å². The number of likely N-dealkylation sites (N-methyl/N-ethyl adjacent to an activating group) is 1. The molecule has 27 heavy (non-hydrogen) atoms. The Morgan fingerprint density at radius 1 is 0.852 bits per heavy atom. The van der Waals surface area contributed by atoms with Crippen LogP contribution in [0.4, 0.5) is 11.5 Å². The highest BCUT2D eigenvalue weighted by Gasteiger charge is 2.14. The highest BCUT2D eigenvalue weighted by molar-refractivity contribution is 5.85. The van der Waals surface area contributed by atoms with E-state index in [-0.39, 0.29) is 24.8 Å². The molecular formula is C19H24Cl2N6. The Morgan fingerprint density at radius 3 is 2.19 bits per heavy atom. The van der Waals surface area contributed by atoms with E-state index in [1.54, 1.807) is 12.4 Å². The van der Waals surface area contributed by atoms with Gasteiger partial charge in [0.05, 0.1) is 0 Å². The molecule has 1 fully saturated rings. The summed E-state index contributed by atoms with van der Waals surface area (Å²) in [4.78, 5) is 13.3. The Bertz CT molecular complexity index is 857. The van der Waals surface area contributed by atoms with Crippen LogP contribution in [0.15, 0.2) is 55.0 Å². The third-order valence-electron chi connectivity index (χ3n) is 4.68. The first-order valence-electron chi connectivity index (χ1n) is 8.50. The molecule has 2 N–H and O–H groups in total. The molecule has 3 aromatic rings. The molecule has 1 aromatic carbocycles. The number of halogens is 2. The van der Waals surface area contributed by atoms with E-state index in [0.717, 1.165) is 43.3 Å². The van der Waals surface area contributed by atoms with Gasteiger partial charge in [0, 0.05) is 61.7 Å². The number of nitrogens with two attached hydrogens (primary N) is 1. The van der Waals surface area contributed by atoms with Gasteiger partial charge in [-0.05, 0) is 43.4 Å². The molecule has 6 nitrogen and oxygen atoms in total. The third kappa shape index (κ3) is 4.53. The summed E-state index contributed by atoms with van der Waals surface area (Å²) in [5.41, 5.74) is 9.12. The summed E-state index contributed by atoms with van der Waals surface area (Å²) in [6.07, 6.45) is 5.48. The van der Waals surface area contributed by atoms with Crippen molar-refractivity contribution in [2.24, 2.45) is 0 Å². The van der Waals surface area contributed by atoms with E-state index in [0.29, 0.717) is 5.82 Å². The average Bonchev–Trinajstić information content (AvgIpc) is 3.12. The summed E-state index contributed by atoms with van der Waals surface area (Å²) >= 11 is 0. The van der Waals surface area contributed by atoms with Gasteiger partial charge in [-0.15, -0.1) is 24.8 Å². The average molecular weight is 407 g/mol. The van der Waals surface area contributed by atoms with Gasteiger partial charge in [0.15, 0.2) is 0 Å². The molecule has 1 aliphatic rings. The Morgan fingerprint density at radius 2 is 1.52 bits per heavy atom. The van der Waals surface area contributed by atoms with Crippen molar-refractivity contribution in [1.82, 2.24) is 19.4 Å². The maximum atomic E-state index is 5.81. The standard InChI is InChI=1S/C19H22N6.2ClH/c1-23-10-12-24(13-11-23)16-2-4-17(5-3-16)25-9-8-22-19(25)15-6-7-21-18(20)14-15;;/h2-9,14H,10-13H2,1H3,(H2,20,21);2*1H. The quantitative estimate of drug-likeness (QED) is 0.723. The lowest BCUT2D eigenvalue weighted by molar-refractivity contribution is 0.313. The number of pyridine rings is 1. The number of rotatable bonds is 3. The predicted octanol–water partition coefficient (Wildman–Crippen LogP) is 3.11. The lowest BCUT2D eigenvalue weighted by Gasteiger charge is -2.34. The molecule has 0 atom stereocenters. The minimum Gasteiger partial charge on any atom is -0.384 e. The number of benzene rings is 1. The first-order valence-corrected chi connectivity index (χ1v) is 8.50. The number of imidazole rings is 1. The number of nitrogen functional groups attached to an aromatic ring is 1. The second-order valence-electron chi connectivity index (χ2n) is 6.40. The zero-order valence-electron chi connectivity index (χ0n) is 15.2. The van der Waals surface area contributed by atoms with E-state index in [9.17, 15) is 0 Å². The fourth-order valence-corrected chi connectivity index (χ4v) is 3.20. The van der Waals surface area contributed by atoms with Crippen LogP contribution in [0.5, 0.6) is 0 Å². The molecule has 3 heterocycles. The lowest BCUT2D eigenvalue weighted by atomic mass is 10.2. The Hall–Kier alpha value is -2.28. The number of aromatic nitrogens is 3. The van der Waals surface area contributed by atoms with Crippen LogP contribution in [-0.2, 0) is 0 Å². The monoisotopic (exact) mass is 406 g/mol. The highest BCUT2D eigenvalue weighted by Crippen LogP contribution is 2.24. The Kier molecular flexibility index (Phi) is 7.07. The van der Waals surface area contributed by atoms with Crippen molar-refractivity contribution in [2.45, 2.75) is 0 Å². The topological polar surface area (TPSA) is 63.2 Å². The first kappa shape index (κ1) is 21.0. The summed E-state index contributed by atoms with van der Waals surface area (Å²) in [6.45, 7) is 4.36. The van der Waals surface area contributed by atoms with Crippen LogP contribution in [0.1, 0.15) is 0 Å². The van der Waals surface area contributed by atoms with Gasteiger partial charge in [0.25, 0.3) is 0 Å². The zero-order valence-corrected chi connectivity index (χ0v) is 16.8. The molecule has 144 valence electrons. The van der Waals surface area contributed by atoms with Crippen molar-refractivity contribution in [3.8, 4) is 17.1 Å². The SMILES string of the molecule is CN1CCN(c2ccc(-n3ccnc3-c3ccnc(N)c3)cc2)CC1.Cl.Cl. The van der Waals surface area contributed by atoms with Crippen LogP contribution in [0.2, 0.25) is 0 Å². The van der Waals surface area contributed by atoms with Crippen LogP contribution in [0, 0.1) is 0 Å². The van der Waals surface area contributed by atoms with Crippen LogP contribution in [0.3, 0.4) is 0 Å². The summed E-state index contributed by atoms with van der Waals surface area (Å²) < 4.78 is 2.07. The Balaban J connectivity index is 0.00000131. The number of hydrogen-bond acceptors (Lipinski definition) is 5. The minimum absolute atomic E-state index is 0. The van der Waals surface area contributed by atoms with Crippen molar-refractivity contribution in [3.05, 3.63) is 55.0 Å². The molecular weight excluding hydrogens is 383 g/mol. The fourth-order valence-electron chi connectivity index (χ4n) is 3.20. The van der Waals surface area contributed by atoms with Crippen molar-refractivity contribution in [2.75, 3.05) is 43.9 Å². The van der Waals surface area contributed by atoms with Crippen molar-refractivity contribution < 1.29 is 0 Å². The number of nitrogens with zero attached hydrogens (tertiary/aromatic N) is 5. The number of hydrogen-bond donors (Lipinski definition) is 1. The molecule has 0 saturated carbocycles. The van der Waals surface area contributed by atoms with Crippen molar-refractivity contribution >= 4 is 36.3 Å². The summed E-state index contributed by atoms with van der Waals surface area (Å²) in [7, 11) is 2.17. The van der Waals surface area contributed by atoms with Gasteiger partial charge in [0.2, 0.25) is 0 Å². The van der Waals surface area contributed by atoms with Gasteiger partial charge >= 0.3 is 0 Å². The zero-order chi connectivity index (χ0) is 17.2. The summed E-state index contributed by atoms with van der Waals surface area (Å²) in [5.74, 6) is 1.36. The summed E-state index contributed by atoms with van der Waals surface area (Å²) in [5, 5.41) is 0. The van der Waals surface area contributed by atoms with Crippen LogP contribution < -0.4 is 10.6 Å². The molecule has 0 radical (unpaired) electrons. The normalized spacial score (nSPS) is 14.3.